The van der Waals surface area contributed by atoms with Crippen molar-refractivity contribution in [2.45, 2.75) is 13.0 Å². The molecule has 1 aromatic rings. The number of nitrogens with zero attached hydrogens (tertiary/aromatic N) is 2. The Morgan fingerprint density at radius 1 is 1.44 bits per heavy atom. The van der Waals surface area contributed by atoms with Gasteiger partial charge in [-0.1, -0.05) is 17.7 Å². The zero-order valence-corrected chi connectivity index (χ0v) is 11.3. The van der Waals surface area contributed by atoms with Crippen LogP contribution in [0, 0.1) is 6.92 Å². The SMILES string of the molecule is Cc1c(Cl)cccc1N1CCN(C)C(=O)C1CO. The standard InChI is InChI=1S/C13H17ClN2O2/c1-9-10(14)4-3-5-11(9)16-7-6-15(2)13(18)12(16)8-17/h3-5,12,17H,6-8H2,1-2H3. The number of aliphatic hydroxyl groups is 1. The molecular formula is C13H17ClN2O2. The van der Waals surface area contributed by atoms with Gasteiger partial charge in [0, 0.05) is 30.8 Å². The van der Waals surface area contributed by atoms with Crippen LogP contribution in [0.2, 0.25) is 5.02 Å². The van der Waals surface area contributed by atoms with E-state index in [9.17, 15) is 9.90 Å². The minimum atomic E-state index is -0.513. The number of piperazine rings is 1. The molecule has 1 fully saturated rings. The monoisotopic (exact) mass is 268 g/mol. The van der Waals surface area contributed by atoms with Crippen LogP contribution < -0.4 is 4.90 Å². The van der Waals surface area contributed by atoms with Crippen molar-refractivity contribution in [2.24, 2.45) is 0 Å². The van der Waals surface area contributed by atoms with Crippen molar-refractivity contribution < 1.29 is 9.90 Å². The number of hydrogen-bond acceptors (Lipinski definition) is 3. The fourth-order valence-corrected chi connectivity index (χ4v) is 2.45. The van der Waals surface area contributed by atoms with Crippen molar-refractivity contribution in [1.82, 2.24) is 4.90 Å². The lowest BCUT2D eigenvalue weighted by Gasteiger charge is -2.40. The number of aliphatic hydroxyl groups excluding tert-OH is 1. The topological polar surface area (TPSA) is 43.8 Å². The van der Waals surface area contributed by atoms with Gasteiger partial charge in [0.15, 0.2) is 0 Å². The molecule has 1 amide bonds. The summed E-state index contributed by atoms with van der Waals surface area (Å²) >= 11 is 6.10. The van der Waals surface area contributed by atoms with E-state index in [4.69, 9.17) is 11.6 Å². The lowest BCUT2D eigenvalue weighted by atomic mass is 10.1. The number of rotatable bonds is 2. The van der Waals surface area contributed by atoms with Crippen LogP contribution in [0.15, 0.2) is 18.2 Å². The first-order valence-electron chi connectivity index (χ1n) is 5.94. The fourth-order valence-electron chi connectivity index (χ4n) is 2.28. The van der Waals surface area contributed by atoms with Crippen LogP contribution in [0.3, 0.4) is 0 Å². The van der Waals surface area contributed by atoms with E-state index in [0.29, 0.717) is 18.1 Å². The molecule has 0 spiro atoms. The van der Waals surface area contributed by atoms with Crippen molar-refractivity contribution in [3.63, 3.8) is 0 Å². The van der Waals surface area contributed by atoms with Crippen molar-refractivity contribution in [3.8, 4) is 0 Å². The molecule has 0 radical (unpaired) electrons. The Morgan fingerprint density at radius 2 is 2.17 bits per heavy atom. The first kappa shape index (κ1) is 13.2. The molecule has 1 saturated heterocycles. The summed E-state index contributed by atoms with van der Waals surface area (Å²) in [5.41, 5.74) is 1.86. The second kappa shape index (κ2) is 5.16. The first-order chi connectivity index (χ1) is 8.56. The number of amides is 1. The molecule has 18 heavy (non-hydrogen) atoms. The maximum absolute atomic E-state index is 12.0. The smallest absolute Gasteiger partial charge is 0.247 e. The van der Waals surface area contributed by atoms with Gasteiger partial charge in [0.2, 0.25) is 5.91 Å². The van der Waals surface area contributed by atoms with Crippen LogP contribution in [-0.2, 0) is 4.79 Å². The van der Waals surface area contributed by atoms with Crippen LogP contribution in [0.1, 0.15) is 5.56 Å². The van der Waals surface area contributed by atoms with Gasteiger partial charge in [-0.05, 0) is 24.6 Å². The van der Waals surface area contributed by atoms with Crippen molar-refractivity contribution >= 4 is 23.2 Å². The predicted molar refractivity (Wildman–Crippen MR) is 72.0 cm³/mol. The van der Waals surface area contributed by atoms with E-state index in [1.54, 1.807) is 11.9 Å². The summed E-state index contributed by atoms with van der Waals surface area (Å²) in [5.74, 6) is -0.0527. The van der Waals surface area contributed by atoms with E-state index in [1.165, 1.54) is 0 Å². The molecule has 1 aliphatic rings. The van der Waals surface area contributed by atoms with E-state index in [-0.39, 0.29) is 12.5 Å². The lowest BCUT2D eigenvalue weighted by molar-refractivity contribution is -0.133. The molecule has 1 heterocycles. The third kappa shape index (κ3) is 2.18. The molecule has 0 bridgehead atoms. The lowest BCUT2D eigenvalue weighted by Crippen LogP contribution is -2.57. The van der Waals surface area contributed by atoms with Crippen LogP contribution in [0.25, 0.3) is 0 Å². The number of halogens is 1. The van der Waals surface area contributed by atoms with Crippen LogP contribution in [0.4, 0.5) is 5.69 Å². The van der Waals surface area contributed by atoms with Gasteiger partial charge in [-0.2, -0.15) is 0 Å². The molecule has 1 unspecified atom stereocenters. The van der Waals surface area contributed by atoms with Crippen LogP contribution in [-0.4, -0.2) is 48.7 Å². The van der Waals surface area contributed by atoms with Crippen LogP contribution in [0.5, 0.6) is 0 Å². The van der Waals surface area contributed by atoms with Crippen LogP contribution >= 0.6 is 11.6 Å². The van der Waals surface area contributed by atoms with Gasteiger partial charge in [-0.15, -0.1) is 0 Å². The van der Waals surface area contributed by atoms with E-state index in [1.807, 2.05) is 30.0 Å². The highest BCUT2D eigenvalue weighted by Crippen LogP contribution is 2.29. The Labute approximate surface area is 112 Å². The molecule has 0 aliphatic carbocycles. The Balaban J connectivity index is 2.37. The Morgan fingerprint density at radius 3 is 2.83 bits per heavy atom. The molecule has 1 aromatic carbocycles. The molecule has 1 N–H and O–H groups in total. The number of anilines is 1. The number of carbonyl (C=O) groups is 1. The second-order valence-electron chi connectivity index (χ2n) is 4.54. The van der Waals surface area contributed by atoms with Crippen molar-refractivity contribution in [1.29, 1.82) is 0 Å². The quantitative estimate of drug-likeness (QED) is 0.879. The fraction of sp³-hybridized carbons (Fsp3) is 0.462. The summed E-state index contributed by atoms with van der Waals surface area (Å²) in [5, 5.41) is 10.1. The van der Waals surface area contributed by atoms with E-state index in [0.717, 1.165) is 11.3 Å². The molecule has 98 valence electrons. The van der Waals surface area contributed by atoms with E-state index in [2.05, 4.69) is 0 Å². The highest BCUT2D eigenvalue weighted by molar-refractivity contribution is 6.31. The molecule has 5 heteroatoms. The number of benzene rings is 1. The number of likely N-dealkylation sites (N-methyl/N-ethyl adjacent to an activating group) is 1. The molecule has 0 aromatic heterocycles. The van der Waals surface area contributed by atoms with Gasteiger partial charge >= 0.3 is 0 Å². The van der Waals surface area contributed by atoms with E-state index < -0.39 is 6.04 Å². The Kier molecular flexibility index (Phi) is 3.78. The van der Waals surface area contributed by atoms with Crippen molar-refractivity contribution in [3.05, 3.63) is 28.8 Å². The molecule has 2 rings (SSSR count). The Bertz CT molecular complexity index is 464. The average molecular weight is 269 g/mol. The third-order valence-electron chi connectivity index (χ3n) is 3.44. The van der Waals surface area contributed by atoms with Gasteiger partial charge in [-0.25, -0.2) is 0 Å². The average Bonchev–Trinajstić information content (AvgIpc) is 2.36. The predicted octanol–water partition coefficient (Wildman–Crippen LogP) is 1.29. The maximum atomic E-state index is 12.0. The summed E-state index contributed by atoms with van der Waals surface area (Å²) < 4.78 is 0. The van der Waals surface area contributed by atoms with Gasteiger partial charge in [0.25, 0.3) is 0 Å². The molecule has 1 aliphatic heterocycles. The van der Waals surface area contributed by atoms with Gasteiger partial charge in [-0.3, -0.25) is 4.79 Å². The number of hydrogen-bond donors (Lipinski definition) is 1. The largest absolute Gasteiger partial charge is 0.394 e. The van der Waals surface area contributed by atoms with Gasteiger partial charge < -0.3 is 14.9 Å². The number of carbonyl (C=O) groups excluding carboxylic acids is 1. The molecule has 0 saturated carbocycles. The zero-order chi connectivity index (χ0) is 13.3. The summed E-state index contributed by atoms with van der Waals surface area (Å²) in [6.45, 7) is 3.10. The minimum Gasteiger partial charge on any atom is -0.394 e. The van der Waals surface area contributed by atoms with Gasteiger partial charge in [0.1, 0.15) is 6.04 Å². The molecule has 4 nitrogen and oxygen atoms in total. The first-order valence-corrected chi connectivity index (χ1v) is 6.31. The second-order valence-corrected chi connectivity index (χ2v) is 4.94. The molecular weight excluding hydrogens is 252 g/mol. The van der Waals surface area contributed by atoms with Crippen molar-refractivity contribution in [2.75, 3.05) is 31.6 Å². The Hall–Kier alpha value is -1.26. The summed E-state index contributed by atoms with van der Waals surface area (Å²) in [6, 6.07) is 5.11. The normalized spacial score (nSPS) is 20.4. The highest BCUT2D eigenvalue weighted by Gasteiger charge is 2.33. The molecule has 1 atom stereocenters. The summed E-state index contributed by atoms with van der Waals surface area (Å²) in [4.78, 5) is 15.6. The third-order valence-corrected chi connectivity index (χ3v) is 3.84. The summed E-state index contributed by atoms with van der Waals surface area (Å²) in [7, 11) is 1.76. The zero-order valence-electron chi connectivity index (χ0n) is 10.6. The maximum Gasteiger partial charge on any atom is 0.247 e. The van der Waals surface area contributed by atoms with Gasteiger partial charge in [0.05, 0.1) is 6.61 Å². The summed E-state index contributed by atoms with van der Waals surface area (Å²) in [6.07, 6.45) is 0. The minimum absolute atomic E-state index is 0.0527. The van der Waals surface area contributed by atoms with E-state index >= 15 is 0 Å². The highest BCUT2D eigenvalue weighted by atomic mass is 35.5.